The maximum atomic E-state index is 12.7. The van der Waals surface area contributed by atoms with E-state index in [-0.39, 0.29) is 23.7 Å². The van der Waals surface area contributed by atoms with Crippen molar-refractivity contribution in [2.24, 2.45) is 11.8 Å². The highest BCUT2D eigenvalue weighted by Gasteiger charge is 2.51. The fourth-order valence-electron chi connectivity index (χ4n) is 4.45. The summed E-state index contributed by atoms with van der Waals surface area (Å²) in [7, 11) is 0. The van der Waals surface area contributed by atoms with E-state index < -0.39 is 5.79 Å². The van der Waals surface area contributed by atoms with E-state index in [0.717, 1.165) is 19.3 Å². The van der Waals surface area contributed by atoms with Crippen LogP contribution in [0.25, 0.3) is 0 Å². The molecule has 4 rings (SSSR count). The molecule has 2 heterocycles. The van der Waals surface area contributed by atoms with Crippen molar-refractivity contribution in [2.75, 3.05) is 32.8 Å². The molecule has 144 valence electrons. The Kier molecular flexibility index (Phi) is 5.32. The maximum Gasteiger partial charge on any atom is 0.226 e. The molecule has 0 bridgehead atoms. The molecule has 0 aromatic rings. The van der Waals surface area contributed by atoms with Gasteiger partial charge in [0.05, 0.1) is 25.0 Å². The Morgan fingerprint density at radius 3 is 2.62 bits per heavy atom. The first-order chi connectivity index (χ1) is 12.7. The van der Waals surface area contributed by atoms with Gasteiger partial charge in [0.15, 0.2) is 5.79 Å². The number of allylic oxidation sites excluding steroid dienone is 1. The number of rotatable bonds is 5. The summed E-state index contributed by atoms with van der Waals surface area (Å²) in [6.45, 7) is 3.32. The summed E-state index contributed by atoms with van der Waals surface area (Å²) in [5, 5.41) is 3.03. The fourth-order valence-corrected chi connectivity index (χ4v) is 4.45. The molecule has 0 aromatic carbocycles. The van der Waals surface area contributed by atoms with Gasteiger partial charge in [0.1, 0.15) is 0 Å². The zero-order valence-electron chi connectivity index (χ0n) is 15.5. The van der Waals surface area contributed by atoms with Crippen LogP contribution in [0, 0.1) is 11.8 Å². The molecule has 2 amide bonds. The summed E-state index contributed by atoms with van der Waals surface area (Å²) in [4.78, 5) is 26.9. The average Bonchev–Trinajstić information content (AvgIpc) is 3.36. The third kappa shape index (κ3) is 3.96. The first-order valence-electron chi connectivity index (χ1n) is 10.2. The maximum absolute atomic E-state index is 12.7. The lowest BCUT2D eigenvalue weighted by Crippen LogP contribution is -2.48. The lowest BCUT2D eigenvalue weighted by Gasteiger charge is -2.37. The second kappa shape index (κ2) is 7.69. The highest BCUT2D eigenvalue weighted by molar-refractivity contribution is 5.92. The van der Waals surface area contributed by atoms with Gasteiger partial charge in [0.2, 0.25) is 11.8 Å². The Morgan fingerprint density at radius 2 is 1.92 bits per heavy atom. The SMILES string of the molecule is O=C(NCCC1=CCCCC1)C1CC1C(=O)N1CCC2(CC1)OCCO2. The number of hydrogen-bond acceptors (Lipinski definition) is 4. The molecule has 0 aromatic heterocycles. The van der Waals surface area contributed by atoms with Crippen LogP contribution in [-0.2, 0) is 19.1 Å². The molecular formula is C20H30N2O4. The predicted molar refractivity (Wildman–Crippen MR) is 96.2 cm³/mol. The van der Waals surface area contributed by atoms with Gasteiger partial charge in [0, 0.05) is 32.5 Å². The van der Waals surface area contributed by atoms with Crippen molar-refractivity contribution < 1.29 is 19.1 Å². The quantitative estimate of drug-likeness (QED) is 0.760. The van der Waals surface area contributed by atoms with E-state index in [2.05, 4.69) is 11.4 Å². The molecule has 2 aliphatic carbocycles. The fraction of sp³-hybridized carbons (Fsp3) is 0.800. The summed E-state index contributed by atoms with van der Waals surface area (Å²) in [6.07, 6.45) is 10.3. The second-order valence-electron chi connectivity index (χ2n) is 8.03. The molecule has 0 radical (unpaired) electrons. The molecule has 6 nitrogen and oxygen atoms in total. The van der Waals surface area contributed by atoms with E-state index in [1.807, 2.05) is 4.90 Å². The van der Waals surface area contributed by atoms with Crippen LogP contribution in [0.3, 0.4) is 0 Å². The lowest BCUT2D eigenvalue weighted by molar-refractivity contribution is -0.187. The number of likely N-dealkylation sites (tertiary alicyclic amines) is 1. The molecular weight excluding hydrogens is 332 g/mol. The highest BCUT2D eigenvalue weighted by atomic mass is 16.7. The van der Waals surface area contributed by atoms with Gasteiger partial charge in [-0.2, -0.15) is 0 Å². The van der Waals surface area contributed by atoms with Crippen LogP contribution in [0.5, 0.6) is 0 Å². The van der Waals surface area contributed by atoms with Gasteiger partial charge in [-0.3, -0.25) is 9.59 Å². The third-order valence-electron chi connectivity index (χ3n) is 6.23. The molecule has 2 unspecified atom stereocenters. The highest BCUT2D eigenvalue weighted by Crippen LogP contribution is 2.41. The van der Waals surface area contributed by atoms with Crippen molar-refractivity contribution >= 4 is 11.8 Å². The number of piperidine rings is 1. The lowest BCUT2D eigenvalue weighted by atomic mass is 9.97. The Morgan fingerprint density at radius 1 is 1.15 bits per heavy atom. The third-order valence-corrected chi connectivity index (χ3v) is 6.23. The van der Waals surface area contributed by atoms with Gasteiger partial charge in [-0.1, -0.05) is 11.6 Å². The van der Waals surface area contributed by atoms with E-state index in [1.165, 1.54) is 31.3 Å². The number of amides is 2. The van der Waals surface area contributed by atoms with E-state index in [1.54, 1.807) is 0 Å². The minimum Gasteiger partial charge on any atom is -0.356 e. The van der Waals surface area contributed by atoms with E-state index >= 15 is 0 Å². The molecule has 1 N–H and O–H groups in total. The monoisotopic (exact) mass is 362 g/mol. The Hall–Kier alpha value is -1.40. The van der Waals surface area contributed by atoms with Crippen molar-refractivity contribution in [3.63, 3.8) is 0 Å². The van der Waals surface area contributed by atoms with Crippen molar-refractivity contribution in [3.05, 3.63) is 11.6 Å². The first kappa shape index (κ1) is 18.0. The van der Waals surface area contributed by atoms with Crippen LogP contribution >= 0.6 is 0 Å². The van der Waals surface area contributed by atoms with Gasteiger partial charge >= 0.3 is 0 Å². The molecule has 1 spiro atoms. The first-order valence-corrected chi connectivity index (χ1v) is 10.2. The smallest absolute Gasteiger partial charge is 0.226 e. The summed E-state index contributed by atoms with van der Waals surface area (Å²) in [5.74, 6) is -0.519. The van der Waals surface area contributed by atoms with Crippen LogP contribution in [0.2, 0.25) is 0 Å². The number of hydrogen-bond donors (Lipinski definition) is 1. The number of nitrogens with one attached hydrogen (secondary N) is 1. The van der Waals surface area contributed by atoms with Gasteiger partial charge in [-0.25, -0.2) is 0 Å². The van der Waals surface area contributed by atoms with Gasteiger partial charge < -0.3 is 19.7 Å². The molecule has 1 saturated carbocycles. The summed E-state index contributed by atoms with van der Waals surface area (Å²) >= 11 is 0. The summed E-state index contributed by atoms with van der Waals surface area (Å²) < 4.78 is 11.4. The topological polar surface area (TPSA) is 67.9 Å². The van der Waals surface area contributed by atoms with Gasteiger partial charge in [0.25, 0.3) is 0 Å². The van der Waals surface area contributed by atoms with Gasteiger partial charge in [-0.05, 0) is 38.5 Å². The Labute approximate surface area is 155 Å². The molecule has 4 aliphatic rings. The molecule has 2 atom stereocenters. The van der Waals surface area contributed by atoms with Crippen molar-refractivity contribution in [2.45, 2.75) is 57.2 Å². The Bertz CT molecular complexity index is 572. The van der Waals surface area contributed by atoms with Crippen LogP contribution in [0.1, 0.15) is 51.4 Å². The molecule has 26 heavy (non-hydrogen) atoms. The van der Waals surface area contributed by atoms with Crippen molar-refractivity contribution in [3.8, 4) is 0 Å². The van der Waals surface area contributed by atoms with Crippen LogP contribution in [-0.4, -0.2) is 55.3 Å². The summed E-state index contributed by atoms with van der Waals surface area (Å²) in [5.41, 5.74) is 1.47. The zero-order valence-corrected chi connectivity index (χ0v) is 15.5. The van der Waals surface area contributed by atoms with E-state index in [0.29, 0.717) is 39.3 Å². The van der Waals surface area contributed by atoms with Gasteiger partial charge in [-0.15, -0.1) is 0 Å². The van der Waals surface area contributed by atoms with Crippen LogP contribution in [0.15, 0.2) is 11.6 Å². The Balaban J connectivity index is 1.18. The predicted octanol–water partition coefficient (Wildman–Crippen LogP) is 1.99. The number of carbonyl (C=O) groups excluding carboxylic acids is 2. The summed E-state index contributed by atoms with van der Waals surface area (Å²) in [6, 6.07) is 0. The van der Waals surface area contributed by atoms with Crippen molar-refractivity contribution in [1.82, 2.24) is 10.2 Å². The minimum atomic E-state index is -0.453. The normalized spacial score (nSPS) is 30.2. The number of ether oxygens (including phenoxy) is 2. The van der Waals surface area contributed by atoms with E-state index in [9.17, 15) is 9.59 Å². The van der Waals surface area contributed by atoms with Crippen LogP contribution < -0.4 is 5.32 Å². The van der Waals surface area contributed by atoms with E-state index in [4.69, 9.17) is 9.47 Å². The zero-order chi connectivity index (χ0) is 18.0. The average molecular weight is 362 g/mol. The largest absolute Gasteiger partial charge is 0.356 e. The molecule has 2 aliphatic heterocycles. The standard InChI is InChI=1S/C20H30N2O4/c23-18(21-9-6-15-4-2-1-3-5-15)16-14-17(16)19(24)22-10-7-20(8-11-22)25-12-13-26-20/h4,16-17H,1-3,5-14H2,(H,21,23). The van der Waals surface area contributed by atoms with Crippen LogP contribution in [0.4, 0.5) is 0 Å². The molecule has 6 heteroatoms. The molecule has 2 saturated heterocycles. The van der Waals surface area contributed by atoms with Crippen molar-refractivity contribution in [1.29, 1.82) is 0 Å². The number of nitrogens with zero attached hydrogens (tertiary/aromatic N) is 1. The number of carbonyl (C=O) groups is 2. The second-order valence-corrected chi connectivity index (χ2v) is 8.03. The molecule has 3 fully saturated rings. The minimum absolute atomic E-state index is 0.0516.